The van der Waals surface area contributed by atoms with E-state index in [-0.39, 0.29) is 5.92 Å². The van der Waals surface area contributed by atoms with Crippen molar-refractivity contribution < 1.29 is 24.4 Å². The Balaban J connectivity index is 1.56. The maximum absolute atomic E-state index is 12.7. The van der Waals surface area contributed by atoms with Crippen LogP contribution in [0.5, 0.6) is 17.2 Å². The van der Waals surface area contributed by atoms with E-state index in [1.54, 1.807) is 6.07 Å². The van der Waals surface area contributed by atoms with Crippen LogP contribution in [0.1, 0.15) is 55.7 Å². The molecule has 3 aromatic carbocycles. The van der Waals surface area contributed by atoms with E-state index >= 15 is 0 Å². The second kappa shape index (κ2) is 9.26. The van der Waals surface area contributed by atoms with Crippen LogP contribution in [0.3, 0.4) is 0 Å². The summed E-state index contributed by atoms with van der Waals surface area (Å²) >= 11 is 0. The van der Waals surface area contributed by atoms with Gasteiger partial charge < -0.3 is 29.3 Å². The topological polar surface area (TPSA) is 71.4 Å². The standard InChI is InChI=1S/C31H35NO5/c1-3-35-24-18-26(36-4-2)29-27(19-24)37-31(22-12-14-23(15-13-22)32-16-8-9-17-32)25(20-28(33)30(29,31)34)21-10-6-5-7-11-21/h5-7,10-15,18-19,25,28,33-34H,3-4,8-9,16-17,20H2,1-2H3/t25-,28+,30+,31-/m0/s1. The van der Waals surface area contributed by atoms with Crippen LogP contribution in [0.15, 0.2) is 66.7 Å². The lowest BCUT2D eigenvalue weighted by atomic mass is 9.71. The van der Waals surface area contributed by atoms with Crippen LogP contribution in [-0.2, 0) is 11.2 Å². The molecule has 1 saturated heterocycles. The third kappa shape index (κ3) is 3.53. The molecule has 37 heavy (non-hydrogen) atoms. The Morgan fingerprint density at radius 3 is 2.32 bits per heavy atom. The summed E-state index contributed by atoms with van der Waals surface area (Å²) in [5, 5.41) is 24.3. The first-order valence-corrected chi connectivity index (χ1v) is 13.5. The minimum Gasteiger partial charge on any atom is -0.494 e. The molecule has 0 bridgehead atoms. The first kappa shape index (κ1) is 24.1. The molecule has 0 radical (unpaired) electrons. The van der Waals surface area contributed by atoms with Crippen LogP contribution in [-0.4, -0.2) is 42.6 Å². The Morgan fingerprint density at radius 2 is 1.65 bits per heavy atom. The lowest BCUT2D eigenvalue weighted by Gasteiger charge is -2.41. The number of fused-ring (bicyclic) bond motifs is 3. The van der Waals surface area contributed by atoms with Gasteiger partial charge in [-0.1, -0.05) is 42.5 Å². The molecule has 6 nitrogen and oxygen atoms in total. The molecule has 2 N–H and O–H groups in total. The van der Waals surface area contributed by atoms with Crippen molar-refractivity contribution in [1.29, 1.82) is 0 Å². The van der Waals surface area contributed by atoms with Gasteiger partial charge in [-0.3, -0.25) is 0 Å². The molecule has 3 aromatic rings. The van der Waals surface area contributed by atoms with Crippen LogP contribution < -0.4 is 19.1 Å². The van der Waals surface area contributed by atoms with Crippen molar-refractivity contribution in [3.63, 3.8) is 0 Å². The fourth-order valence-electron chi connectivity index (χ4n) is 6.72. The number of anilines is 1. The molecule has 3 aliphatic rings. The maximum Gasteiger partial charge on any atom is 0.176 e. The number of aliphatic hydroxyl groups excluding tert-OH is 1. The first-order valence-electron chi connectivity index (χ1n) is 13.5. The van der Waals surface area contributed by atoms with Crippen molar-refractivity contribution in [2.24, 2.45) is 0 Å². The van der Waals surface area contributed by atoms with E-state index < -0.39 is 17.3 Å². The molecular formula is C31H35NO5. The Kier molecular flexibility index (Phi) is 6.04. The van der Waals surface area contributed by atoms with Crippen molar-refractivity contribution in [3.8, 4) is 17.2 Å². The van der Waals surface area contributed by atoms with Crippen molar-refractivity contribution in [2.45, 2.75) is 56.3 Å². The zero-order valence-corrected chi connectivity index (χ0v) is 21.5. The molecule has 2 aliphatic heterocycles. The molecule has 6 rings (SSSR count). The normalized spacial score (nSPS) is 28.1. The van der Waals surface area contributed by atoms with Gasteiger partial charge in [0.2, 0.25) is 0 Å². The molecule has 2 heterocycles. The number of ether oxygens (including phenoxy) is 3. The van der Waals surface area contributed by atoms with Crippen molar-refractivity contribution in [3.05, 3.63) is 83.4 Å². The van der Waals surface area contributed by atoms with E-state index in [1.807, 2.05) is 50.2 Å². The van der Waals surface area contributed by atoms with Crippen LogP contribution in [0.25, 0.3) is 0 Å². The number of rotatable bonds is 7. The average molecular weight is 502 g/mol. The van der Waals surface area contributed by atoms with Crippen LogP contribution in [0, 0.1) is 0 Å². The fourth-order valence-corrected chi connectivity index (χ4v) is 6.72. The largest absolute Gasteiger partial charge is 0.494 e. The molecule has 6 heteroatoms. The average Bonchev–Trinajstić information content (AvgIpc) is 3.59. The molecule has 0 aromatic heterocycles. The van der Waals surface area contributed by atoms with Gasteiger partial charge in [0.05, 0.1) is 24.9 Å². The van der Waals surface area contributed by atoms with E-state index in [9.17, 15) is 10.2 Å². The second-order valence-corrected chi connectivity index (χ2v) is 10.2. The zero-order chi connectivity index (χ0) is 25.6. The third-order valence-electron chi connectivity index (χ3n) is 8.27. The van der Waals surface area contributed by atoms with Gasteiger partial charge in [-0.2, -0.15) is 0 Å². The van der Waals surface area contributed by atoms with Crippen LogP contribution in [0.2, 0.25) is 0 Å². The summed E-state index contributed by atoms with van der Waals surface area (Å²) in [6, 6.07) is 22.0. The zero-order valence-electron chi connectivity index (χ0n) is 21.5. The van der Waals surface area contributed by atoms with E-state index in [0.717, 1.165) is 24.2 Å². The summed E-state index contributed by atoms with van der Waals surface area (Å²) in [5.74, 6) is 1.29. The summed E-state index contributed by atoms with van der Waals surface area (Å²) in [6.45, 7) is 6.84. The highest BCUT2D eigenvalue weighted by molar-refractivity contribution is 5.63. The molecule has 1 saturated carbocycles. The Bertz CT molecular complexity index is 1260. The molecule has 0 amide bonds. The SMILES string of the molecule is CCOc1cc(OCC)c2c(c1)O[C@@]1(c3ccc(N4CCCC4)cc3)[C@H](c3ccccc3)C[C@@H](O)[C@@]21O. The minimum atomic E-state index is -1.72. The van der Waals surface area contributed by atoms with Crippen molar-refractivity contribution in [1.82, 2.24) is 0 Å². The Labute approximate surface area is 218 Å². The monoisotopic (exact) mass is 501 g/mol. The smallest absolute Gasteiger partial charge is 0.176 e. The van der Waals surface area contributed by atoms with E-state index in [0.29, 0.717) is 42.4 Å². The van der Waals surface area contributed by atoms with Crippen LogP contribution in [0.4, 0.5) is 5.69 Å². The first-order chi connectivity index (χ1) is 18.0. The molecule has 0 spiro atoms. The quantitative estimate of drug-likeness (QED) is 0.469. The van der Waals surface area contributed by atoms with Gasteiger partial charge in [0.1, 0.15) is 17.2 Å². The maximum atomic E-state index is 12.7. The predicted octanol–water partition coefficient (Wildman–Crippen LogP) is 5.11. The molecule has 4 atom stereocenters. The Hall–Kier alpha value is -3.22. The number of benzene rings is 3. The molecule has 1 aliphatic carbocycles. The number of nitrogens with zero attached hydrogens (tertiary/aromatic N) is 1. The summed E-state index contributed by atoms with van der Waals surface area (Å²) < 4.78 is 18.7. The van der Waals surface area contributed by atoms with E-state index in [2.05, 4.69) is 29.2 Å². The van der Waals surface area contributed by atoms with Gasteiger partial charge in [0, 0.05) is 36.8 Å². The third-order valence-corrected chi connectivity index (χ3v) is 8.27. The highest BCUT2D eigenvalue weighted by Crippen LogP contribution is 2.68. The fraction of sp³-hybridized carbons (Fsp3) is 0.419. The minimum absolute atomic E-state index is 0.288. The number of aliphatic hydroxyl groups is 2. The van der Waals surface area contributed by atoms with Gasteiger partial charge in [0.25, 0.3) is 0 Å². The predicted molar refractivity (Wildman–Crippen MR) is 143 cm³/mol. The second-order valence-electron chi connectivity index (χ2n) is 10.2. The van der Waals surface area contributed by atoms with E-state index in [1.165, 1.54) is 18.5 Å². The van der Waals surface area contributed by atoms with Crippen molar-refractivity contribution in [2.75, 3.05) is 31.2 Å². The van der Waals surface area contributed by atoms with Gasteiger partial charge in [-0.25, -0.2) is 0 Å². The summed E-state index contributed by atoms with van der Waals surface area (Å²) in [6.07, 6.45) is 1.70. The number of hydrogen-bond acceptors (Lipinski definition) is 6. The van der Waals surface area contributed by atoms with Gasteiger partial charge in [0.15, 0.2) is 11.2 Å². The number of hydrogen-bond donors (Lipinski definition) is 2. The van der Waals surface area contributed by atoms with E-state index in [4.69, 9.17) is 14.2 Å². The molecule has 0 unspecified atom stereocenters. The highest BCUT2D eigenvalue weighted by Gasteiger charge is 2.73. The van der Waals surface area contributed by atoms with Gasteiger partial charge in [-0.15, -0.1) is 0 Å². The van der Waals surface area contributed by atoms with Crippen LogP contribution >= 0.6 is 0 Å². The van der Waals surface area contributed by atoms with Gasteiger partial charge >= 0.3 is 0 Å². The summed E-state index contributed by atoms with van der Waals surface area (Å²) in [7, 11) is 0. The molecular weight excluding hydrogens is 466 g/mol. The summed E-state index contributed by atoms with van der Waals surface area (Å²) in [5.41, 5.74) is 0.549. The van der Waals surface area contributed by atoms with Crippen molar-refractivity contribution >= 4 is 5.69 Å². The van der Waals surface area contributed by atoms with Gasteiger partial charge in [-0.05, 0) is 56.4 Å². The lowest BCUT2D eigenvalue weighted by Crippen LogP contribution is -2.52. The lowest BCUT2D eigenvalue weighted by molar-refractivity contribution is -0.150. The Morgan fingerprint density at radius 1 is 0.946 bits per heavy atom. The molecule has 2 fully saturated rings. The summed E-state index contributed by atoms with van der Waals surface area (Å²) in [4.78, 5) is 2.39. The highest BCUT2D eigenvalue weighted by atomic mass is 16.5. The molecule has 194 valence electrons.